The smallest absolute Gasteiger partial charge is 0.236 e. The summed E-state index contributed by atoms with van der Waals surface area (Å²) in [6.07, 6.45) is 2.28. The van der Waals surface area contributed by atoms with Crippen LogP contribution in [0.25, 0.3) is 0 Å². The van der Waals surface area contributed by atoms with Crippen molar-refractivity contribution in [3.05, 3.63) is 28.2 Å². The molecule has 5 heteroatoms. The number of anilines is 1. The van der Waals surface area contributed by atoms with Gasteiger partial charge in [-0.1, -0.05) is 6.07 Å². The molecule has 0 radical (unpaired) electrons. The Kier molecular flexibility index (Phi) is 4.82. The van der Waals surface area contributed by atoms with E-state index in [-0.39, 0.29) is 5.91 Å². The molecule has 1 aromatic rings. The van der Waals surface area contributed by atoms with Gasteiger partial charge < -0.3 is 10.6 Å². The molecule has 0 bridgehead atoms. The summed E-state index contributed by atoms with van der Waals surface area (Å²) < 4.78 is 0.909. The zero-order valence-electron chi connectivity index (χ0n) is 11.2. The maximum atomic E-state index is 12.0. The quantitative estimate of drug-likeness (QED) is 0.862. The van der Waals surface area contributed by atoms with Crippen LogP contribution < -0.4 is 5.73 Å². The maximum Gasteiger partial charge on any atom is 0.236 e. The number of carbonyl (C=O) groups is 1. The molecule has 0 unspecified atom stereocenters. The van der Waals surface area contributed by atoms with Gasteiger partial charge in [0.25, 0.3) is 0 Å². The van der Waals surface area contributed by atoms with E-state index in [1.54, 1.807) is 0 Å². The lowest BCUT2D eigenvalue weighted by Crippen LogP contribution is -2.36. The Labute approximate surface area is 122 Å². The highest BCUT2D eigenvalue weighted by molar-refractivity contribution is 9.10. The van der Waals surface area contributed by atoms with Crippen LogP contribution in [0.5, 0.6) is 0 Å². The van der Waals surface area contributed by atoms with Gasteiger partial charge in [0.2, 0.25) is 5.91 Å². The molecule has 1 heterocycles. The topological polar surface area (TPSA) is 49.6 Å². The van der Waals surface area contributed by atoms with E-state index in [0.717, 1.165) is 48.2 Å². The second-order valence-corrected chi connectivity index (χ2v) is 5.97. The third-order valence-corrected chi connectivity index (χ3v) is 4.10. The fraction of sp³-hybridized carbons (Fsp3) is 0.500. The lowest BCUT2D eigenvalue weighted by molar-refractivity contribution is -0.131. The van der Waals surface area contributed by atoms with Gasteiger partial charge in [-0.25, -0.2) is 0 Å². The Hall–Kier alpha value is -1.07. The van der Waals surface area contributed by atoms with Crippen molar-refractivity contribution in [1.29, 1.82) is 0 Å². The molecule has 1 aliphatic rings. The van der Waals surface area contributed by atoms with Crippen molar-refractivity contribution in [2.75, 3.05) is 32.4 Å². The summed E-state index contributed by atoms with van der Waals surface area (Å²) in [4.78, 5) is 16.0. The molecule has 2 N–H and O–H groups in total. The minimum Gasteiger partial charge on any atom is -0.398 e. The number of hydrogen-bond donors (Lipinski definition) is 1. The average molecular weight is 326 g/mol. The summed E-state index contributed by atoms with van der Waals surface area (Å²) in [5, 5.41) is 0. The van der Waals surface area contributed by atoms with Gasteiger partial charge in [-0.2, -0.15) is 0 Å². The zero-order valence-corrected chi connectivity index (χ0v) is 12.8. The van der Waals surface area contributed by atoms with Crippen LogP contribution in [0.3, 0.4) is 0 Å². The Bertz CT molecular complexity index is 458. The van der Waals surface area contributed by atoms with Crippen molar-refractivity contribution in [3.8, 4) is 0 Å². The van der Waals surface area contributed by atoms with Gasteiger partial charge in [0.15, 0.2) is 0 Å². The molecule has 19 heavy (non-hydrogen) atoms. The Balaban J connectivity index is 1.87. The second kappa shape index (κ2) is 6.39. The van der Waals surface area contributed by atoms with Crippen LogP contribution in [0, 0.1) is 0 Å². The minimum atomic E-state index is 0.227. The summed E-state index contributed by atoms with van der Waals surface area (Å²) in [6, 6.07) is 5.92. The van der Waals surface area contributed by atoms with Crippen LogP contribution in [0.2, 0.25) is 0 Å². The van der Waals surface area contributed by atoms with Crippen LogP contribution in [-0.2, 0) is 11.3 Å². The first kappa shape index (κ1) is 14.3. The van der Waals surface area contributed by atoms with Crippen molar-refractivity contribution >= 4 is 27.5 Å². The van der Waals surface area contributed by atoms with Crippen LogP contribution in [0.15, 0.2) is 22.7 Å². The molecule has 104 valence electrons. The van der Waals surface area contributed by atoms with E-state index in [4.69, 9.17) is 5.73 Å². The molecule has 1 aromatic carbocycles. The average Bonchev–Trinajstić information content (AvgIpc) is 2.87. The highest BCUT2D eigenvalue weighted by Crippen LogP contribution is 2.20. The highest BCUT2D eigenvalue weighted by Gasteiger charge is 2.18. The first-order valence-corrected chi connectivity index (χ1v) is 7.36. The number of nitrogens with zero attached hydrogens (tertiary/aromatic N) is 2. The maximum absolute atomic E-state index is 12.0. The number of likely N-dealkylation sites (tertiary alicyclic amines) is 1. The molecule has 0 spiro atoms. The predicted octanol–water partition coefficient (Wildman–Crippen LogP) is 2.09. The number of amides is 1. The number of halogens is 1. The normalized spacial score (nSPS) is 15.2. The molecule has 1 aliphatic heterocycles. The largest absolute Gasteiger partial charge is 0.398 e. The third-order valence-electron chi connectivity index (χ3n) is 3.38. The second-order valence-electron chi connectivity index (χ2n) is 5.12. The standard InChI is InChI=1S/C14H20BrN3O/c1-17(10-14(19)18-6-2-3-7-18)9-11-4-5-12(15)13(16)8-11/h4-5,8H,2-3,6-7,9-10,16H2,1H3. The van der Waals surface area contributed by atoms with Crippen LogP contribution >= 0.6 is 15.9 Å². The zero-order chi connectivity index (χ0) is 13.8. The molecule has 1 saturated heterocycles. The van der Waals surface area contributed by atoms with Crippen molar-refractivity contribution in [3.63, 3.8) is 0 Å². The molecule has 0 atom stereocenters. The van der Waals surface area contributed by atoms with Gasteiger partial charge >= 0.3 is 0 Å². The van der Waals surface area contributed by atoms with Gasteiger partial charge in [-0.05, 0) is 53.5 Å². The van der Waals surface area contributed by atoms with E-state index in [1.807, 2.05) is 35.0 Å². The number of carbonyl (C=O) groups excluding carboxylic acids is 1. The Morgan fingerprint density at radius 1 is 1.42 bits per heavy atom. The SMILES string of the molecule is CN(CC(=O)N1CCCC1)Cc1ccc(Br)c(N)c1. The highest BCUT2D eigenvalue weighted by atomic mass is 79.9. The van der Waals surface area contributed by atoms with Gasteiger partial charge in [0, 0.05) is 29.8 Å². The number of hydrogen-bond acceptors (Lipinski definition) is 3. The van der Waals surface area contributed by atoms with Gasteiger partial charge in [-0.15, -0.1) is 0 Å². The van der Waals surface area contributed by atoms with Gasteiger partial charge in [0.05, 0.1) is 6.54 Å². The summed E-state index contributed by atoms with van der Waals surface area (Å²) in [7, 11) is 1.96. The van der Waals surface area contributed by atoms with E-state index in [0.29, 0.717) is 6.54 Å². The number of nitrogen functional groups attached to an aromatic ring is 1. The summed E-state index contributed by atoms with van der Waals surface area (Å²) in [5.74, 6) is 0.227. The summed E-state index contributed by atoms with van der Waals surface area (Å²) >= 11 is 3.38. The van der Waals surface area contributed by atoms with E-state index in [2.05, 4.69) is 15.9 Å². The molecular weight excluding hydrogens is 306 g/mol. The monoisotopic (exact) mass is 325 g/mol. The van der Waals surface area contributed by atoms with Crippen LogP contribution in [0.4, 0.5) is 5.69 Å². The van der Waals surface area contributed by atoms with E-state index >= 15 is 0 Å². The van der Waals surface area contributed by atoms with E-state index in [9.17, 15) is 4.79 Å². The van der Waals surface area contributed by atoms with Crippen molar-refractivity contribution in [2.24, 2.45) is 0 Å². The number of nitrogens with two attached hydrogens (primary N) is 1. The molecule has 0 aliphatic carbocycles. The lowest BCUT2D eigenvalue weighted by Gasteiger charge is -2.21. The van der Waals surface area contributed by atoms with Crippen molar-refractivity contribution < 1.29 is 4.79 Å². The number of rotatable bonds is 4. The molecule has 0 aromatic heterocycles. The number of benzene rings is 1. The lowest BCUT2D eigenvalue weighted by atomic mass is 10.2. The Morgan fingerprint density at radius 2 is 2.11 bits per heavy atom. The van der Waals surface area contributed by atoms with E-state index < -0.39 is 0 Å². The fourth-order valence-corrected chi connectivity index (χ4v) is 2.60. The predicted molar refractivity (Wildman–Crippen MR) is 80.7 cm³/mol. The first-order chi connectivity index (χ1) is 9.06. The minimum absolute atomic E-state index is 0.227. The molecule has 0 saturated carbocycles. The number of likely N-dealkylation sites (N-methyl/N-ethyl adjacent to an activating group) is 1. The Morgan fingerprint density at radius 3 is 2.74 bits per heavy atom. The van der Waals surface area contributed by atoms with Crippen molar-refractivity contribution in [1.82, 2.24) is 9.80 Å². The molecule has 1 fully saturated rings. The summed E-state index contributed by atoms with van der Waals surface area (Å²) in [5.41, 5.74) is 7.71. The third kappa shape index (κ3) is 3.94. The molecule has 2 rings (SSSR count). The van der Waals surface area contributed by atoms with Crippen molar-refractivity contribution in [2.45, 2.75) is 19.4 Å². The molecule has 4 nitrogen and oxygen atoms in total. The van der Waals surface area contributed by atoms with Crippen LogP contribution in [0.1, 0.15) is 18.4 Å². The fourth-order valence-electron chi connectivity index (χ4n) is 2.36. The molecular formula is C14H20BrN3O. The van der Waals surface area contributed by atoms with E-state index in [1.165, 1.54) is 0 Å². The van der Waals surface area contributed by atoms with Gasteiger partial charge in [-0.3, -0.25) is 9.69 Å². The summed E-state index contributed by atoms with van der Waals surface area (Å²) in [6.45, 7) is 3.03. The van der Waals surface area contributed by atoms with Crippen LogP contribution in [-0.4, -0.2) is 42.4 Å². The molecule has 1 amide bonds. The first-order valence-electron chi connectivity index (χ1n) is 6.56. The van der Waals surface area contributed by atoms with Gasteiger partial charge in [0.1, 0.15) is 0 Å².